The minimum absolute atomic E-state index is 0.0807. The second-order valence-corrected chi connectivity index (χ2v) is 8.45. The normalized spacial score (nSPS) is 13.9. The number of sulfone groups is 1. The van der Waals surface area contributed by atoms with Crippen LogP contribution in [0.2, 0.25) is 0 Å². The van der Waals surface area contributed by atoms with Gasteiger partial charge in [0.25, 0.3) is 0 Å². The first-order chi connectivity index (χ1) is 11.8. The van der Waals surface area contributed by atoms with E-state index in [0.29, 0.717) is 12.1 Å². The van der Waals surface area contributed by atoms with Crippen molar-refractivity contribution in [3.8, 4) is 0 Å². The van der Waals surface area contributed by atoms with Gasteiger partial charge in [-0.15, -0.1) is 0 Å². The molecule has 0 heterocycles. The second-order valence-electron chi connectivity index (χ2n) is 6.13. The highest BCUT2D eigenvalue weighted by atomic mass is 32.2. The third kappa shape index (κ3) is 5.39. The summed E-state index contributed by atoms with van der Waals surface area (Å²) in [5.74, 6) is -1.17. The van der Waals surface area contributed by atoms with E-state index >= 15 is 0 Å². The summed E-state index contributed by atoms with van der Waals surface area (Å²) in [6.45, 7) is 3.70. The Kier molecular flexibility index (Phi) is 6.31. The molecule has 2 aromatic carbocycles. The minimum Gasteiger partial charge on any atom is -0.354 e. The summed E-state index contributed by atoms with van der Waals surface area (Å²) in [5, 5.41) is 1.54. The average molecular weight is 363 g/mol. The average Bonchev–Trinajstić information content (AvgIpc) is 2.61. The Bertz CT molecular complexity index is 804. The number of hydrogen-bond donors (Lipinski definition) is 1. The van der Waals surface area contributed by atoms with Crippen LogP contribution in [-0.4, -0.2) is 26.1 Å². The highest BCUT2D eigenvalue weighted by Crippen LogP contribution is 2.15. The number of hydrogen-bond acceptors (Lipinski definition) is 3. The number of amides is 1. The summed E-state index contributed by atoms with van der Waals surface area (Å²) in [7, 11) is -3.67. The molecule has 2 atom stereocenters. The molecule has 0 aromatic heterocycles. The molecule has 1 amide bonds. The Morgan fingerprint density at radius 1 is 1.04 bits per heavy atom. The molecular formula is C19H22FNO3S. The molecular weight excluding hydrogens is 341 g/mol. The highest BCUT2D eigenvalue weighted by Gasteiger charge is 2.28. The molecule has 0 spiro atoms. The van der Waals surface area contributed by atoms with Gasteiger partial charge in [0, 0.05) is 6.54 Å². The molecule has 0 aliphatic heterocycles. The van der Waals surface area contributed by atoms with Crippen molar-refractivity contribution in [1.82, 2.24) is 5.32 Å². The van der Waals surface area contributed by atoms with Crippen molar-refractivity contribution in [2.24, 2.45) is 0 Å². The number of carbonyl (C=O) groups is 1. The van der Waals surface area contributed by atoms with E-state index in [2.05, 4.69) is 5.32 Å². The van der Waals surface area contributed by atoms with Crippen LogP contribution < -0.4 is 5.32 Å². The van der Waals surface area contributed by atoms with Gasteiger partial charge >= 0.3 is 0 Å². The van der Waals surface area contributed by atoms with Crippen LogP contribution >= 0.6 is 0 Å². The van der Waals surface area contributed by atoms with Gasteiger partial charge in [0.1, 0.15) is 11.1 Å². The smallest absolute Gasteiger partial charge is 0.238 e. The molecule has 4 nitrogen and oxygen atoms in total. The second kappa shape index (κ2) is 8.25. The molecule has 2 aromatic rings. The summed E-state index contributed by atoms with van der Waals surface area (Å²) in [4.78, 5) is 12.2. The predicted octanol–water partition coefficient (Wildman–Crippen LogP) is 3.05. The van der Waals surface area contributed by atoms with Gasteiger partial charge in [-0.1, -0.05) is 49.4 Å². The monoisotopic (exact) mass is 363 g/mol. The summed E-state index contributed by atoms with van der Waals surface area (Å²) in [6.07, 6.45) is 0. The van der Waals surface area contributed by atoms with Crippen LogP contribution in [0.15, 0.2) is 54.6 Å². The quantitative estimate of drug-likeness (QED) is 0.822. The third-order valence-corrected chi connectivity index (χ3v) is 6.17. The van der Waals surface area contributed by atoms with E-state index in [1.807, 2.05) is 37.3 Å². The van der Waals surface area contributed by atoms with Crippen LogP contribution in [0, 0.1) is 5.82 Å². The van der Waals surface area contributed by atoms with Crippen molar-refractivity contribution in [2.75, 3.05) is 6.54 Å². The molecule has 1 N–H and O–H groups in total. The molecule has 0 saturated heterocycles. The van der Waals surface area contributed by atoms with E-state index in [1.165, 1.54) is 31.2 Å². The van der Waals surface area contributed by atoms with Gasteiger partial charge in [-0.05, 0) is 36.1 Å². The fourth-order valence-corrected chi connectivity index (χ4v) is 3.71. The molecule has 2 rings (SSSR count). The number of benzene rings is 2. The first-order valence-corrected chi connectivity index (χ1v) is 9.80. The van der Waals surface area contributed by atoms with Gasteiger partial charge in [-0.25, -0.2) is 12.8 Å². The van der Waals surface area contributed by atoms with E-state index < -0.39 is 26.8 Å². The van der Waals surface area contributed by atoms with Gasteiger partial charge in [0.15, 0.2) is 9.84 Å². The van der Waals surface area contributed by atoms with Crippen LogP contribution in [0.5, 0.6) is 0 Å². The Labute approximate surface area is 148 Å². The maximum atomic E-state index is 12.9. The molecule has 0 fully saturated rings. The van der Waals surface area contributed by atoms with Crippen molar-refractivity contribution < 1.29 is 17.6 Å². The van der Waals surface area contributed by atoms with E-state index in [1.54, 1.807) is 0 Å². The summed E-state index contributed by atoms with van der Waals surface area (Å²) in [5.41, 5.74) is 1.53. The van der Waals surface area contributed by atoms with E-state index in [4.69, 9.17) is 0 Å². The first kappa shape index (κ1) is 19.1. The van der Waals surface area contributed by atoms with Gasteiger partial charge < -0.3 is 5.32 Å². The Morgan fingerprint density at radius 2 is 1.64 bits per heavy atom. The SMILES string of the molecule is CC(CNC(=O)C(C)S(=O)(=O)Cc1ccc(F)cc1)c1ccccc1. The van der Waals surface area contributed by atoms with E-state index in [0.717, 1.165) is 5.56 Å². The van der Waals surface area contributed by atoms with Gasteiger partial charge in [-0.3, -0.25) is 4.79 Å². The van der Waals surface area contributed by atoms with Crippen molar-refractivity contribution in [1.29, 1.82) is 0 Å². The lowest BCUT2D eigenvalue weighted by Gasteiger charge is -2.16. The minimum atomic E-state index is -3.67. The zero-order chi connectivity index (χ0) is 18.4. The van der Waals surface area contributed by atoms with Crippen molar-refractivity contribution in [2.45, 2.75) is 30.8 Å². The number of carbonyl (C=O) groups excluding carboxylic acids is 1. The Balaban J connectivity index is 1.95. The Morgan fingerprint density at radius 3 is 2.24 bits per heavy atom. The summed E-state index contributed by atoms with van der Waals surface area (Å²) >= 11 is 0. The van der Waals surface area contributed by atoms with Gasteiger partial charge in [0.05, 0.1) is 5.75 Å². The maximum absolute atomic E-state index is 12.9. The number of nitrogens with one attached hydrogen (secondary N) is 1. The third-order valence-electron chi connectivity index (χ3n) is 4.14. The van der Waals surface area contributed by atoms with E-state index in [9.17, 15) is 17.6 Å². The zero-order valence-corrected chi connectivity index (χ0v) is 15.1. The van der Waals surface area contributed by atoms with Crippen molar-refractivity contribution in [3.63, 3.8) is 0 Å². The van der Waals surface area contributed by atoms with Crippen LogP contribution in [0.25, 0.3) is 0 Å². The summed E-state index contributed by atoms with van der Waals surface area (Å²) in [6, 6.07) is 14.9. The summed E-state index contributed by atoms with van der Waals surface area (Å²) < 4.78 is 37.7. The molecule has 6 heteroatoms. The lowest BCUT2D eigenvalue weighted by Crippen LogP contribution is -2.39. The van der Waals surface area contributed by atoms with Crippen LogP contribution in [0.1, 0.15) is 30.9 Å². The maximum Gasteiger partial charge on any atom is 0.238 e. The molecule has 134 valence electrons. The topological polar surface area (TPSA) is 63.2 Å². The van der Waals surface area contributed by atoms with Crippen molar-refractivity contribution >= 4 is 15.7 Å². The lowest BCUT2D eigenvalue weighted by molar-refractivity contribution is -0.120. The molecule has 25 heavy (non-hydrogen) atoms. The van der Waals surface area contributed by atoms with Crippen molar-refractivity contribution in [3.05, 3.63) is 71.5 Å². The van der Waals surface area contributed by atoms with Crippen LogP contribution in [0.3, 0.4) is 0 Å². The van der Waals surface area contributed by atoms with Crippen LogP contribution in [-0.2, 0) is 20.4 Å². The van der Waals surface area contributed by atoms with E-state index in [-0.39, 0.29) is 11.7 Å². The Hall–Kier alpha value is -2.21. The largest absolute Gasteiger partial charge is 0.354 e. The molecule has 2 unspecified atom stereocenters. The standard InChI is InChI=1S/C19H22FNO3S/c1-14(17-6-4-3-5-7-17)12-21-19(22)15(2)25(23,24)13-16-8-10-18(20)11-9-16/h3-11,14-15H,12-13H2,1-2H3,(H,21,22). The fourth-order valence-electron chi connectivity index (χ4n) is 2.40. The van der Waals surface area contributed by atoms with Gasteiger partial charge in [0.2, 0.25) is 5.91 Å². The van der Waals surface area contributed by atoms with Gasteiger partial charge in [-0.2, -0.15) is 0 Å². The highest BCUT2D eigenvalue weighted by molar-refractivity contribution is 7.92. The van der Waals surface area contributed by atoms with Crippen LogP contribution in [0.4, 0.5) is 4.39 Å². The predicted molar refractivity (Wildman–Crippen MR) is 96.4 cm³/mol. The first-order valence-electron chi connectivity index (χ1n) is 8.08. The lowest BCUT2D eigenvalue weighted by atomic mass is 10.0. The molecule has 0 saturated carbocycles. The fraction of sp³-hybridized carbons (Fsp3) is 0.316. The number of halogens is 1. The number of rotatable bonds is 7. The zero-order valence-electron chi connectivity index (χ0n) is 14.3. The molecule has 0 aliphatic carbocycles. The molecule has 0 aliphatic rings. The molecule has 0 radical (unpaired) electrons. The molecule has 0 bridgehead atoms.